The van der Waals surface area contributed by atoms with E-state index >= 15 is 0 Å². The van der Waals surface area contributed by atoms with Crippen molar-refractivity contribution >= 4 is 21.1 Å². The molecule has 0 saturated carbocycles. The van der Waals surface area contributed by atoms with Crippen LogP contribution in [0.15, 0.2) is 63.9 Å². The number of nitrogen functional groups attached to an aromatic ring is 1. The molecule has 0 aromatic heterocycles. The zero-order valence-electron chi connectivity index (χ0n) is 9.54. The average molecular weight is 246 g/mol. The fourth-order valence-electron chi connectivity index (χ4n) is 1.46. The van der Waals surface area contributed by atoms with E-state index in [1.807, 2.05) is 30.3 Å². The third-order valence-corrected chi connectivity index (χ3v) is 4.06. The Morgan fingerprint density at radius 1 is 1.00 bits per heavy atom. The zero-order chi connectivity index (χ0) is 12.3. The van der Waals surface area contributed by atoms with Gasteiger partial charge in [0.25, 0.3) is 0 Å². The number of anilines is 1. The largest absolute Gasteiger partial charge is 0.399 e. The molecular weight excluding hydrogens is 232 g/mol. The lowest BCUT2D eigenvalue weighted by atomic mass is 10.3. The lowest BCUT2D eigenvalue weighted by molar-refractivity contribution is 0.681. The SMILES string of the molecule is CS(=O)(=Nc1ccccc1)c1ccc(N)cc1. The number of nitrogens with zero attached hydrogens (tertiary/aromatic N) is 1. The van der Waals surface area contributed by atoms with Gasteiger partial charge in [0.05, 0.1) is 15.4 Å². The lowest BCUT2D eigenvalue weighted by Gasteiger charge is -2.04. The van der Waals surface area contributed by atoms with Crippen molar-refractivity contribution in [3.63, 3.8) is 0 Å². The molecule has 0 saturated heterocycles. The molecule has 1 atom stereocenters. The minimum Gasteiger partial charge on any atom is -0.399 e. The second kappa shape index (κ2) is 4.59. The Morgan fingerprint density at radius 2 is 1.59 bits per heavy atom. The first-order valence-electron chi connectivity index (χ1n) is 5.21. The standard InChI is InChI=1S/C13H14N2OS/c1-17(16,13-9-7-11(14)8-10-13)15-12-5-3-2-4-6-12/h2-10H,14H2,1H3. The average Bonchev–Trinajstić information content (AvgIpc) is 2.30. The molecule has 2 rings (SSSR count). The molecule has 2 aromatic carbocycles. The Morgan fingerprint density at radius 3 is 2.18 bits per heavy atom. The van der Waals surface area contributed by atoms with Crippen molar-refractivity contribution in [1.29, 1.82) is 0 Å². The molecule has 1 unspecified atom stereocenters. The second-order valence-corrected chi connectivity index (χ2v) is 6.06. The van der Waals surface area contributed by atoms with Crippen LogP contribution in [0.3, 0.4) is 0 Å². The van der Waals surface area contributed by atoms with Crippen LogP contribution >= 0.6 is 0 Å². The minimum absolute atomic E-state index is 0.656. The maximum Gasteiger partial charge on any atom is 0.0771 e. The van der Waals surface area contributed by atoms with Crippen LogP contribution in [-0.2, 0) is 9.73 Å². The number of nitrogens with two attached hydrogens (primary N) is 1. The topological polar surface area (TPSA) is 55.5 Å². The summed E-state index contributed by atoms with van der Waals surface area (Å²) in [6, 6.07) is 16.3. The third-order valence-electron chi connectivity index (χ3n) is 2.35. The van der Waals surface area contributed by atoms with Crippen LogP contribution in [0.5, 0.6) is 0 Å². The molecule has 88 valence electrons. The molecule has 2 aromatic rings. The van der Waals surface area contributed by atoms with Gasteiger partial charge in [0, 0.05) is 16.8 Å². The summed E-state index contributed by atoms with van der Waals surface area (Å²) < 4.78 is 16.7. The molecule has 3 nitrogen and oxygen atoms in total. The number of benzene rings is 2. The fourth-order valence-corrected chi connectivity index (χ4v) is 2.73. The Balaban J connectivity index is 2.46. The fraction of sp³-hybridized carbons (Fsp3) is 0.0769. The van der Waals surface area contributed by atoms with E-state index in [4.69, 9.17) is 5.73 Å². The summed E-state index contributed by atoms with van der Waals surface area (Å²) >= 11 is 0. The van der Waals surface area contributed by atoms with E-state index in [0.29, 0.717) is 10.6 Å². The predicted molar refractivity (Wildman–Crippen MR) is 71.7 cm³/mol. The van der Waals surface area contributed by atoms with E-state index in [9.17, 15) is 4.21 Å². The van der Waals surface area contributed by atoms with Gasteiger partial charge in [0.15, 0.2) is 0 Å². The number of hydrogen-bond donors (Lipinski definition) is 1. The highest BCUT2D eigenvalue weighted by atomic mass is 32.2. The predicted octanol–water partition coefficient (Wildman–Crippen LogP) is 3.06. The maximum atomic E-state index is 12.5. The molecule has 0 radical (unpaired) electrons. The molecule has 0 aliphatic rings. The molecule has 17 heavy (non-hydrogen) atoms. The van der Waals surface area contributed by atoms with Crippen molar-refractivity contribution in [2.45, 2.75) is 4.90 Å². The van der Waals surface area contributed by atoms with Gasteiger partial charge in [0.2, 0.25) is 0 Å². The van der Waals surface area contributed by atoms with Gasteiger partial charge in [-0.3, -0.25) is 0 Å². The van der Waals surface area contributed by atoms with E-state index in [-0.39, 0.29) is 0 Å². The first-order chi connectivity index (χ1) is 8.08. The van der Waals surface area contributed by atoms with E-state index in [2.05, 4.69) is 4.36 Å². The van der Waals surface area contributed by atoms with Crippen molar-refractivity contribution in [2.24, 2.45) is 4.36 Å². The zero-order valence-corrected chi connectivity index (χ0v) is 10.4. The summed E-state index contributed by atoms with van der Waals surface area (Å²) in [4.78, 5) is 0.690. The molecule has 0 amide bonds. The van der Waals surface area contributed by atoms with Crippen molar-refractivity contribution < 1.29 is 4.21 Å². The quantitative estimate of drug-likeness (QED) is 0.828. The Labute approximate surface area is 101 Å². The summed E-state index contributed by atoms with van der Waals surface area (Å²) in [5.41, 5.74) is 6.97. The molecule has 0 aliphatic carbocycles. The van der Waals surface area contributed by atoms with Crippen molar-refractivity contribution in [2.75, 3.05) is 12.0 Å². The second-order valence-electron chi connectivity index (χ2n) is 3.80. The highest BCUT2D eigenvalue weighted by Crippen LogP contribution is 2.19. The molecule has 0 fully saturated rings. The van der Waals surface area contributed by atoms with Crippen molar-refractivity contribution in [1.82, 2.24) is 0 Å². The van der Waals surface area contributed by atoms with Crippen molar-refractivity contribution in [3.05, 3.63) is 54.6 Å². The maximum absolute atomic E-state index is 12.5. The van der Waals surface area contributed by atoms with Gasteiger partial charge in [-0.25, -0.2) is 4.21 Å². The first kappa shape index (κ1) is 11.7. The van der Waals surface area contributed by atoms with E-state index in [0.717, 1.165) is 5.69 Å². The minimum atomic E-state index is -2.41. The molecule has 4 heteroatoms. The van der Waals surface area contributed by atoms with Crippen LogP contribution in [0.25, 0.3) is 0 Å². The first-order valence-corrected chi connectivity index (χ1v) is 7.13. The van der Waals surface area contributed by atoms with E-state index < -0.39 is 9.73 Å². The van der Waals surface area contributed by atoms with Crippen LogP contribution in [-0.4, -0.2) is 10.5 Å². The van der Waals surface area contributed by atoms with Crippen LogP contribution in [0.4, 0.5) is 11.4 Å². The highest BCUT2D eigenvalue weighted by molar-refractivity contribution is 7.93. The number of hydrogen-bond acceptors (Lipinski definition) is 3. The van der Waals surface area contributed by atoms with Crippen LogP contribution in [0.2, 0.25) is 0 Å². The van der Waals surface area contributed by atoms with E-state index in [1.54, 1.807) is 30.5 Å². The van der Waals surface area contributed by atoms with Gasteiger partial charge in [-0.05, 0) is 36.4 Å². The molecule has 0 aliphatic heterocycles. The van der Waals surface area contributed by atoms with Gasteiger partial charge in [-0.1, -0.05) is 18.2 Å². The lowest BCUT2D eigenvalue weighted by Crippen LogP contribution is -1.97. The summed E-state index contributed by atoms with van der Waals surface area (Å²) in [7, 11) is -2.41. The molecular formula is C13H14N2OS. The van der Waals surface area contributed by atoms with Gasteiger partial charge < -0.3 is 5.73 Å². The van der Waals surface area contributed by atoms with Gasteiger partial charge in [-0.15, -0.1) is 0 Å². The molecule has 2 N–H and O–H groups in total. The molecule has 0 bridgehead atoms. The van der Waals surface area contributed by atoms with Crippen LogP contribution < -0.4 is 5.73 Å². The Bertz CT molecular complexity index is 612. The third kappa shape index (κ3) is 2.85. The number of rotatable bonds is 2. The smallest absolute Gasteiger partial charge is 0.0771 e. The summed E-state index contributed by atoms with van der Waals surface area (Å²) in [6.45, 7) is 0. The van der Waals surface area contributed by atoms with Gasteiger partial charge in [0.1, 0.15) is 0 Å². The van der Waals surface area contributed by atoms with Gasteiger partial charge in [-0.2, -0.15) is 4.36 Å². The highest BCUT2D eigenvalue weighted by Gasteiger charge is 2.05. The summed E-state index contributed by atoms with van der Waals surface area (Å²) in [6.07, 6.45) is 1.63. The Hall–Kier alpha value is -1.81. The van der Waals surface area contributed by atoms with Crippen molar-refractivity contribution in [3.8, 4) is 0 Å². The normalized spacial score (nSPS) is 13.9. The summed E-state index contributed by atoms with van der Waals surface area (Å²) in [5.74, 6) is 0. The summed E-state index contributed by atoms with van der Waals surface area (Å²) in [5, 5.41) is 0. The van der Waals surface area contributed by atoms with Gasteiger partial charge >= 0.3 is 0 Å². The van der Waals surface area contributed by atoms with E-state index in [1.165, 1.54) is 0 Å². The van der Waals surface area contributed by atoms with Crippen LogP contribution in [0, 0.1) is 0 Å². The Kier molecular flexibility index (Phi) is 3.15. The van der Waals surface area contributed by atoms with Crippen LogP contribution in [0.1, 0.15) is 0 Å². The monoisotopic (exact) mass is 246 g/mol. The molecule has 0 spiro atoms. The molecule has 0 heterocycles.